The molecule has 2 aliphatic heterocycles. The lowest BCUT2D eigenvalue weighted by atomic mass is 10.0. The molecule has 6 rings (SSSR count). The van der Waals surface area contributed by atoms with Crippen molar-refractivity contribution in [2.45, 2.75) is 32.0 Å². The average Bonchev–Trinajstić information content (AvgIpc) is 3.40. The first kappa shape index (κ1) is 21.8. The number of nitrogens with one attached hydrogen (secondary N) is 3. The van der Waals surface area contributed by atoms with Crippen molar-refractivity contribution in [3.8, 4) is 0 Å². The highest BCUT2D eigenvalue weighted by Gasteiger charge is 2.39. The molecule has 3 heterocycles. The highest BCUT2D eigenvalue weighted by molar-refractivity contribution is 6.07. The molecule has 2 aliphatic rings. The van der Waals surface area contributed by atoms with Gasteiger partial charge >= 0.3 is 6.03 Å². The van der Waals surface area contributed by atoms with Crippen molar-refractivity contribution in [3.63, 3.8) is 0 Å². The first-order chi connectivity index (χ1) is 17.5. The third kappa shape index (κ3) is 3.84. The van der Waals surface area contributed by atoms with E-state index in [4.69, 9.17) is 4.42 Å². The van der Waals surface area contributed by atoms with Gasteiger partial charge in [0.15, 0.2) is 0 Å². The van der Waals surface area contributed by atoms with E-state index < -0.39 is 11.9 Å². The average molecular weight is 482 g/mol. The molecule has 180 valence electrons. The van der Waals surface area contributed by atoms with Crippen LogP contribution in [0.25, 0.3) is 21.9 Å². The van der Waals surface area contributed by atoms with Crippen molar-refractivity contribution < 1.29 is 23.6 Å². The van der Waals surface area contributed by atoms with Crippen molar-refractivity contribution in [1.82, 2.24) is 15.5 Å². The normalized spacial score (nSPS) is 17.4. The van der Waals surface area contributed by atoms with Crippen molar-refractivity contribution in [2.75, 3.05) is 5.32 Å². The van der Waals surface area contributed by atoms with E-state index in [0.717, 1.165) is 27.5 Å². The molecule has 3 aromatic carbocycles. The number of urea groups is 1. The highest BCUT2D eigenvalue weighted by atomic mass is 16.3. The van der Waals surface area contributed by atoms with Gasteiger partial charge in [0.25, 0.3) is 5.91 Å². The van der Waals surface area contributed by atoms with E-state index in [1.54, 1.807) is 12.1 Å². The summed E-state index contributed by atoms with van der Waals surface area (Å²) in [5, 5.41) is 9.92. The Balaban J connectivity index is 1.10. The minimum Gasteiger partial charge on any atom is -0.456 e. The van der Waals surface area contributed by atoms with Gasteiger partial charge in [-0.1, -0.05) is 30.3 Å². The number of amides is 5. The number of carbonyl (C=O) groups is 4. The molecule has 0 bridgehead atoms. The van der Waals surface area contributed by atoms with Crippen LogP contribution in [-0.2, 0) is 22.7 Å². The van der Waals surface area contributed by atoms with E-state index in [0.29, 0.717) is 29.8 Å². The van der Waals surface area contributed by atoms with E-state index >= 15 is 0 Å². The largest absolute Gasteiger partial charge is 0.456 e. The fraction of sp³-hybridized carbons (Fsp3) is 0.185. The molecule has 1 saturated heterocycles. The van der Waals surface area contributed by atoms with Gasteiger partial charge in [0.05, 0.1) is 0 Å². The van der Waals surface area contributed by atoms with E-state index in [2.05, 4.69) is 16.0 Å². The zero-order valence-corrected chi connectivity index (χ0v) is 19.2. The molecule has 4 aromatic rings. The van der Waals surface area contributed by atoms with Crippen molar-refractivity contribution in [1.29, 1.82) is 0 Å². The summed E-state index contributed by atoms with van der Waals surface area (Å²) in [5.74, 6) is -0.999. The molecule has 0 aliphatic carbocycles. The van der Waals surface area contributed by atoms with Gasteiger partial charge in [0.1, 0.15) is 17.2 Å². The maximum absolute atomic E-state index is 13.0. The van der Waals surface area contributed by atoms with Gasteiger partial charge in [0.2, 0.25) is 11.8 Å². The van der Waals surface area contributed by atoms with Crippen LogP contribution >= 0.6 is 0 Å². The number of hydrogen-bond donors (Lipinski definition) is 3. The first-order valence-electron chi connectivity index (χ1n) is 11.7. The molecule has 9 nitrogen and oxygen atoms in total. The van der Waals surface area contributed by atoms with E-state index in [9.17, 15) is 19.2 Å². The van der Waals surface area contributed by atoms with Crippen molar-refractivity contribution >= 4 is 51.4 Å². The molecule has 1 fully saturated rings. The molecule has 1 aromatic heterocycles. The van der Waals surface area contributed by atoms with Crippen LogP contribution in [0.15, 0.2) is 65.1 Å². The molecular weight excluding hydrogens is 460 g/mol. The van der Waals surface area contributed by atoms with Crippen LogP contribution < -0.4 is 16.0 Å². The number of furan rings is 1. The highest BCUT2D eigenvalue weighted by Crippen LogP contribution is 2.31. The number of piperidine rings is 1. The Hall–Kier alpha value is -4.66. The Labute approximate surface area is 205 Å². The zero-order valence-electron chi connectivity index (χ0n) is 19.2. The van der Waals surface area contributed by atoms with Crippen LogP contribution in [0.3, 0.4) is 0 Å². The number of nitrogens with zero attached hydrogens (tertiary/aromatic N) is 1. The summed E-state index contributed by atoms with van der Waals surface area (Å²) in [7, 11) is 0. The SMILES string of the molecule is O=C1CCC(N2Cc3ccc(CNC(=O)Nc4ccc5c(c4)oc4ccccc45)cc3C2=O)C(=O)N1. The van der Waals surface area contributed by atoms with Gasteiger partial charge in [-0.05, 0) is 41.8 Å². The van der Waals surface area contributed by atoms with Crippen LogP contribution in [-0.4, -0.2) is 34.7 Å². The molecule has 36 heavy (non-hydrogen) atoms. The lowest BCUT2D eigenvalue weighted by Crippen LogP contribution is -2.52. The fourth-order valence-corrected chi connectivity index (χ4v) is 4.87. The number of carbonyl (C=O) groups excluding carboxylic acids is 4. The number of anilines is 1. The second-order valence-electron chi connectivity index (χ2n) is 9.01. The Kier molecular flexibility index (Phi) is 5.18. The lowest BCUT2D eigenvalue weighted by molar-refractivity contribution is -0.136. The third-order valence-corrected chi connectivity index (χ3v) is 6.68. The van der Waals surface area contributed by atoms with Crippen LogP contribution in [0.2, 0.25) is 0 Å². The number of rotatable bonds is 4. The lowest BCUT2D eigenvalue weighted by Gasteiger charge is -2.29. The predicted molar refractivity (Wildman–Crippen MR) is 132 cm³/mol. The molecule has 9 heteroatoms. The number of imide groups is 1. The monoisotopic (exact) mass is 482 g/mol. The third-order valence-electron chi connectivity index (χ3n) is 6.68. The molecule has 5 amide bonds. The number of hydrogen-bond acceptors (Lipinski definition) is 5. The molecule has 0 spiro atoms. The predicted octanol–water partition coefficient (Wildman–Crippen LogP) is 3.67. The summed E-state index contributed by atoms with van der Waals surface area (Å²) in [6.45, 7) is 0.538. The van der Waals surface area contributed by atoms with E-state index in [1.807, 2.05) is 48.5 Å². The van der Waals surface area contributed by atoms with E-state index in [1.165, 1.54) is 4.90 Å². The molecule has 0 radical (unpaired) electrons. The summed E-state index contributed by atoms with van der Waals surface area (Å²) in [4.78, 5) is 50.6. The summed E-state index contributed by atoms with van der Waals surface area (Å²) in [5.41, 5.74) is 4.16. The number of benzene rings is 3. The standard InChI is InChI=1S/C27H22N4O5/c32-24-10-9-21(25(33)30-24)31-14-16-6-5-15(11-20(16)26(31)34)13-28-27(35)29-17-7-8-19-18-3-1-2-4-22(18)36-23(19)12-17/h1-8,11-12,21H,9-10,13-14H2,(H2,28,29,35)(H,30,32,33). The maximum atomic E-state index is 13.0. The number of para-hydroxylation sites is 1. The van der Waals surface area contributed by atoms with Crippen molar-refractivity contribution in [2.24, 2.45) is 0 Å². The van der Waals surface area contributed by atoms with Gasteiger partial charge in [-0.2, -0.15) is 0 Å². The van der Waals surface area contributed by atoms with Gasteiger partial charge in [-0.25, -0.2) is 4.79 Å². The quantitative estimate of drug-likeness (QED) is 0.383. The summed E-state index contributed by atoms with van der Waals surface area (Å²) >= 11 is 0. The second-order valence-corrected chi connectivity index (χ2v) is 9.01. The Morgan fingerprint density at radius 1 is 1.00 bits per heavy atom. The van der Waals surface area contributed by atoms with Gasteiger partial charge in [-0.3, -0.25) is 19.7 Å². The smallest absolute Gasteiger partial charge is 0.319 e. The molecule has 0 saturated carbocycles. The van der Waals surface area contributed by atoms with Gasteiger partial charge in [-0.15, -0.1) is 0 Å². The van der Waals surface area contributed by atoms with Crippen LogP contribution in [0.5, 0.6) is 0 Å². The Morgan fingerprint density at radius 2 is 1.83 bits per heavy atom. The molecule has 1 atom stereocenters. The molecular formula is C27H22N4O5. The minimum absolute atomic E-state index is 0.212. The topological polar surface area (TPSA) is 121 Å². The van der Waals surface area contributed by atoms with Crippen LogP contribution in [0.4, 0.5) is 10.5 Å². The Bertz CT molecular complexity index is 1570. The van der Waals surface area contributed by atoms with Crippen molar-refractivity contribution in [3.05, 3.63) is 77.4 Å². The van der Waals surface area contributed by atoms with Gasteiger partial charge < -0.3 is 20.0 Å². The minimum atomic E-state index is -0.654. The first-order valence-corrected chi connectivity index (χ1v) is 11.7. The summed E-state index contributed by atoms with van der Waals surface area (Å²) < 4.78 is 5.87. The summed E-state index contributed by atoms with van der Waals surface area (Å²) in [6, 6.07) is 17.7. The van der Waals surface area contributed by atoms with Gasteiger partial charge in [0, 0.05) is 47.6 Å². The Morgan fingerprint density at radius 3 is 2.69 bits per heavy atom. The molecule has 3 N–H and O–H groups in total. The maximum Gasteiger partial charge on any atom is 0.319 e. The second kappa shape index (κ2) is 8.53. The molecule has 1 unspecified atom stereocenters. The van der Waals surface area contributed by atoms with Crippen LogP contribution in [0.1, 0.15) is 34.3 Å². The zero-order chi connectivity index (χ0) is 24.8. The number of fused-ring (bicyclic) bond motifs is 4. The fourth-order valence-electron chi connectivity index (χ4n) is 4.87. The summed E-state index contributed by atoms with van der Waals surface area (Å²) in [6.07, 6.45) is 0.531. The van der Waals surface area contributed by atoms with Crippen LogP contribution in [0, 0.1) is 0 Å². The van der Waals surface area contributed by atoms with E-state index in [-0.39, 0.29) is 30.8 Å².